The second-order valence-corrected chi connectivity index (χ2v) is 7.58. The van der Waals surface area contributed by atoms with E-state index in [2.05, 4.69) is 16.0 Å². The minimum absolute atomic E-state index is 0.202. The zero-order valence-electron chi connectivity index (χ0n) is 16.5. The molecule has 2 aromatic carbocycles. The van der Waals surface area contributed by atoms with Gasteiger partial charge in [-0.25, -0.2) is 0 Å². The first-order chi connectivity index (χ1) is 14.6. The van der Waals surface area contributed by atoms with Gasteiger partial charge in [0.2, 0.25) is 5.91 Å². The number of benzene rings is 2. The zero-order chi connectivity index (χ0) is 21.3. The largest absolute Gasteiger partial charge is 0.373 e. The first-order valence-electron chi connectivity index (χ1n) is 9.54. The van der Waals surface area contributed by atoms with Crippen LogP contribution in [0, 0.1) is 11.3 Å². The quantitative estimate of drug-likeness (QED) is 0.515. The van der Waals surface area contributed by atoms with Gasteiger partial charge in [-0.2, -0.15) is 5.26 Å². The Balaban J connectivity index is 1.60. The summed E-state index contributed by atoms with van der Waals surface area (Å²) in [6, 6.07) is 20.1. The Morgan fingerprint density at radius 3 is 2.57 bits per heavy atom. The molecule has 0 aliphatic carbocycles. The van der Waals surface area contributed by atoms with E-state index in [1.165, 1.54) is 11.3 Å². The van der Waals surface area contributed by atoms with Gasteiger partial charge in [0.05, 0.1) is 11.1 Å². The lowest BCUT2D eigenvalue weighted by Gasteiger charge is -2.17. The van der Waals surface area contributed by atoms with Gasteiger partial charge in [0.15, 0.2) is 0 Å². The van der Waals surface area contributed by atoms with E-state index in [0.717, 1.165) is 12.0 Å². The summed E-state index contributed by atoms with van der Waals surface area (Å²) in [6.07, 6.45) is 0.739. The predicted octanol–water partition coefficient (Wildman–Crippen LogP) is 4.03. The van der Waals surface area contributed by atoms with Crippen LogP contribution < -0.4 is 16.0 Å². The van der Waals surface area contributed by atoms with Gasteiger partial charge in [0, 0.05) is 12.2 Å². The van der Waals surface area contributed by atoms with Crippen molar-refractivity contribution in [1.29, 1.82) is 5.26 Å². The lowest BCUT2D eigenvalue weighted by Crippen LogP contribution is -2.33. The molecule has 0 aliphatic heterocycles. The van der Waals surface area contributed by atoms with Gasteiger partial charge < -0.3 is 16.0 Å². The van der Waals surface area contributed by atoms with Crippen molar-refractivity contribution >= 4 is 33.8 Å². The van der Waals surface area contributed by atoms with Crippen LogP contribution in [0.15, 0.2) is 66.0 Å². The van der Waals surface area contributed by atoms with Crippen molar-refractivity contribution in [2.75, 3.05) is 17.2 Å². The number of para-hydroxylation sites is 1. The number of nitriles is 1. The number of rotatable bonds is 8. The average molecular weight is 419 g/mol. The van der Waals surface area contributed by atoms with E-state index in [0.29, 0.717) is 28.4 Å². The van der Waals surface area contributed by atoms with Gasteiger partial charge in [-0.15, -0.1) is 11.3 Å². The molecule has 1 atom stereocenters. The van der Waals surface area contributed by atoms with E-state index in [9.17, 15) is 9.59 Å². The molecule has 1 aromatic heterocycles. The fourth-order valence-electron chi connectivity index (χ4n) is 2.88. The Morgan fingerprint density at radius 2 is 1.80 bits per heavy atom. The Bertz CT molecular complexity index is 1060. The summed E-state index contributed by atoms with van der Waals surface area (Å²) < 4.78 is 0. The van der Waals surface area contributed by atoms with Crippen molar-refractivity contribution in [3.05, 3.63) is 82.7 Å². The summed E-state index contributed by atoms with van der Waals surface area (Å²) in [6.45, 7) is 2.22. The molecule has 152 valence electrons. The van der Waals surface area contributed by atoms with Crippen LogP contribution in [0.5, 0.6) is 0 Å². The molecule has 0 aliphatic rings. The van der Waals surface area contributed by atoms with Crippen molar-refractivity contribution in [3.8, 4) is 6.07 Å². The molecule has 0 fully saturated rings. The summed E-state index contributed by atoms with van der Waals surface area (Å²) in [5.74, 6) is -0.486. The monoisotopic (exact) mass is 418 g/mol. The van der Waals surface area contributed by atoms with Gasteiger partial charge in [-0.3, -0.25) is 9.59 Å². The van der Waals surface area contributed by atoms with E-state index in [1.54, 1.807) is 42.6 Å². The van der Waals surface area contributed by atoms with Gasteiger partial charge in [0.1, 0.15) is 17.1 Å². The molecular weight excluding hydrogens is 396 g/mol. The molecule has 0 saturated carbocycles. The minimum atomic E-state index is -0.600. The van der Waals surface area contributed by atoms with Crippen LogP contribution in [0.4, 0.5) is 10.7 Å². The van der Waals surface area contributed by atoms with Crippen LogP contribution in [-0.2, 0) is 11.2 Å². The number of nitrogens with zero attached hydrogens (tertiary/aromatic N) is 1. The van der Waals surface area contributed by atoms with Crippen LogP contribution in [0.3, 0.4) is 0 Å². The molecule has 1 heterocycles. The Labute approximate surface area is 179 Å². The summed E-state index contributed by atoms with van der Waals surface area (Å²) in [5.41, 5.74) is 2.63. The van der Waals surface area contributed by atoms with Crippen molar-refractivity contribution in [2.24, 2.45) is 0 Å². The molecule has 3 N–H and O–H groups in total. The maximum atomic E-state index is 12.7. The van der Waals surface area contributed by atoms with E-state index >= 15 is 0 Å². The number of amides is 2. The van der Waals surface area contributed by atoms with Gasteiger partial charge in [-0.05, 0) is 42.5 Å². The number of hydrogen-bond donors (Lipinski definition) is 3. The van der Waals surface area contributed by atoms with Crippen molar-refractivity contribution in [3.63, 3.8) is 0 Å². The fourth-order valence-corrected chi connectivity index (χ4v) is 3.62. The number of thiophene rings is 1. The topological polar surface area (TPSA) is 94.0 Å². The highest BCUT2D eigenvalue weighted by atomic mass is 32.1. The Morgan fingerprint density at radius 1 is 1.07 bits per heavy atom. The third kappa shape index (κ3) is 5.46. The minimum Gasteiger partial charge on any atom is -0.373 e. The Kier molecular flexibility index (Phi) is 7.19. The second-order valence-electron chi connectivity index (χ2n) is 6.67. The Hall–Kier alpha value is -3.63. The van der Waals surface area contributed by atoms with Crippen LogP contribution in [-0.4, -0.2) is 24.4 Å². The molecule has 3 rings (SSSR count). The lowest BCUT2D eigenvalue weighted by molar-refractivity contribution is -0.116. The summed E-state index contributed by atoms with van der Waals surface area (Å²) in [4.78, 5) is 25.2. The molecule has 2 amide bonds. The smallest absolute Gasteiger partial charge is 0.253 e. The zero-order valence-corrected chi connectivity index (χ0v) is 17.3. The highest BCUT2D eigenvalue weighted by Crippen LogP contribution is 2.23. The predicted molar refractivity (Wildman–Crippen MR) is 120 cm³/mol. The normalized spacial score (nSPS) is 11.2. The van der Waals surface area contributed by atoms with Crippen LogP contribution in [0.1, 0.15) is 28.4 Å². The third-order valence-corrected chi connectivity index (χ3v) is 5.33. The summed E-state index contributed by atoms with van der Waals surface area (Å²) in [5, 5.41) is 20.1. The van der Waals surface area contributed by atoms with Gasteiger partial charge in [-0.1, -0.05) is 42.5 Å². The maximum absolute atomic E-state index is 12.7. The maximum Gasteiger partial charge on any atom is 0.253 e. The first-order valence-corrected chi connectivity index (χ1v) is 10.4. The molecule has 0 saturated heterocycles. The van der Waals surface area contributed by atoms with Crippen LogP contribution >= 0.6 is 11.3 Å². The SMILES string of the molecule is C[C@@H](Nc1ccccc1C(=O)NCCc1ccccc1)C(=O)Nc1sccc1C#N. The second kappa shape index (κ2) is 10.2. The van der Waals surface area contributed by atoms with Crippen LogP contribution in [0.25, 0.3) is 0 Å². The van der Waals surface area contributed by atoms with Crippen molar-refractivity contribution in [1.82, 2.24) is 5.32 Å². The highest BCUT2D eigenvalue weighted by Gasteiger charge is 2.18. The first kappa shape index (κ1) is 21.1. The van der Waals surface area contributed by atoms with E-state index < -0.39 is 6.04 Å². The molecule has 7 heteroatoms. The number of hydrogen-bond acceptors (Lipinski definition) is 5. The molecule has 3 aromatic rings. The molecule has 0 unspecified atom stereocenters. The van der Waals surface area contributed by atoms with E-state index in [1.807, 2.05) is 36.4 Å². The van der Waals surface area contributed by atoms with Crippen molar-refractivity contribution < 1.29 is 9.59 Å². The van der Waals surface area contributed by atoms with Crippen LogP contribution in [0.2, 0.25) is 0 Å². The standard InChI is InChI=1S/C23H22N4O2S/c1-16(21(28)27-23-18(15-24)12-14-30-23)26-20-10-6-5-9-19(20)22(29)25-13-11-17-7-3-2-4-8-17/h2-10,12,14,16,26H,11,13H2,1H3,(H,25,29)(H,27,28)/t16-/m1/s1. The molecule has 30 heavy (non-hydrogen) atoms. The molecule has 6 nitrogen and oxygen atoms in total. The van der Waals surface area contributed by atoms with Gasteiger partial charge >= 0.3 is 0 Å². The molecule has 0 radical (unpaired) electrons. The third-order valence-electron chi connectivity index (χ3n) is 4.50. The van der Waals surface area contributed by atoms with Crippen molar-refractivity contribution in [2.45, 2.75) is 19.4 Å². The molecule has 0 spiro atoms. The molecule has 0 bridgehead atoms. The summed E-state index contributed by atoms with van der Waals surface area (Å²) >= 11 is 1.30. The molecular formula is C23H22N4O2S. The van der Waals surface area contributed by atoms with E-state index in [-0.39, 0.29) is 11.8 Å². The van der Waals surface area contributed by atoms with E-state index in [4.69, 9.17) is 5.26 Å². The number of nitrogens with one attached hydrogen (secondary N) is 3. The fraction of sp³-hybridized carbons (Fsp3) is 0.174. The number of anilines is 2. The van der Waals surface area contributed by atoms with Gasteiger partial charge in [0.25, 0.3) is 5.91 Å². The number of carbonyl (C=O) groups is 2. The highest BCUT2D eigenvalue weighted by molar-refractivity contribution is 7.14. The lowest BCUT2D eigenvalue weighted by atomic mass is 10.1. The average Bonchev–Trinajstić information content (AvgIpc) is 3.21. The number of carbonyl (C=O) groups excluding carboxylic acids is 2. The summed E-state index contributed by atoms with van der Waals surface area (Å²) in [7, 11) is 0.